The van der Waals surface area contributed by atoms with Gasteiger partial charge in [-0.15, -0.1) is 11.3 Å². The number of nitrogens with zero attached hydrogens (tertiary/aromatic N) is 1. The Morgan fingerprint density at radius 3 is 2.94 bits per heavy atom. The Bertz CT molecular complexity index is 1040. The molecule has 2 atom stereocenters. The van der Waals surface area contributed by atoms with Gasteiger partial charge in [0.25, 0.3) is 5.56 Å². The quantitative estimate of drug-likeness (QED) is 0.520. The Morgan fingerprint density at radius 1 is 1.29 bits per heavy atom. The van der Waals surface area contributed by atoms with Gasteiger partial charge >= 0.3 is 0 Å². The third-order valence-corrected chi connectivity index (χ3v) is 6.97. The molecule has 0 radical (unpaired) electrons. The molecule has 1 aromatic carbocycles. The summed E-state index contributed by atoms with van der Waals surface area (Å²) in [6, 6.07) is 14.8. The van der Waals surface area contributed by atoms with Gasteiger partial charge in [0.15, 0.2) is 0 Å². The van der Waals surface area contributed by atoms with E-state index in [1.807, 2.05) is 18.3 Å². The lowest BCUT2D eigenvalue weighted by Gasteiger charge is -2.24. The molecule has 2 N–H and O–H groups in total. The summed E-state index contributed by atoms with van der Waals surface area (Å²) >= 11 is 1.72. The molecule has 2 aromatic heterocycles. The second kappa shape index (κ2) is 10.2. The third kappa shape index (κ3) is 5.57. The Kier molecular flexibility index (Phi) is 7.10. The number of hydrogen-bond donors (Lipinski definition) is 2. The molecule has 1 aliphatic rings. The predicted octanol–water partition coefficient (Wildman–Crippen LogP) is 4.44. The van der Waals surface area contributed by atoms with Gasteiger partial charge in [-0.05, 0) is 67.9 Å². The van der Waals surface area contributed by atoms with Crippen molar-refractivity contribution in [1.29, 1.82) is 0 Å². The van der Waals surface area contributed by atoms with Crippen molar-refractivity contribution >= 4 is 17.0 Å². The van der Waals surface area contributed by atoms with E-state index < -0.39 is 0 Å². The molecule has 0 saturated carbocycles. The van der Waals surface area contributed by atoms with E-state index in [9.17, 15) is 4.79 Å². The first kappa shape index (κ1) is 21.7. The summed E-state index contributed by atoms with van der Waals surface area (Å²) in [6.45, 7) is 6.58. The van der Waals surface area contributed by atoms with Crippen LogP contribution in [0, 0.1) is 6.92 Å². The molecule has 3 aromatic rings. The SMILES string of the molecule is Cc1c(Cn2ccc(OCCc3cccs3)cc2=O)cccc1NC(C)C1CCCN1. The van der Waals surface area contributed by atoms with Gasteiger partial charge in [-0.3, -0.25) is 4.79 Å². The molecule has 6 heteroatoms. The Hall–Kier alpha value is -2.57. The number of rotatable bonds is 9. The fourth-order valence-electron chi connectivity index (χ4n) is 4.11. The van der Waals surface area contributed by atoms with Crippen LogP contribution in [0.1, 0.15) is 35.8 Å². The summed E-state index contributed by atoms with van der Waals surface area (Å²) < 4.78 is 7.51. The van der Waals surface area contributed by atoms with Crippen molar-refractivity contribution in [2.45, 2.75) is 51.7 Å². The molecular formula is C25H31N3O2S. The zero-order chi connectivity index (χ0) is 21.6. The standard InChI is InChI=1S/C25H31N3O2S/c1-18-20(6-3-8-23(18)27-19(2)24-9-4-12-26-24)17-28-13-10-21(16-25(28)29)30-14-11-22-7-5-15-31-22/h3,5-8,10,13,15-16,19,24,26-27H,4,9,11-12,14,17H2,1-2H3. The van der Waals surface area contributed by atoms with Gasteiger partial charge in [-0.1, -0.05) is 18.2 Å². The van der Waals surface area contributed by atoms with Gasteiger partial charge < -0.3 is 19.9 Å². The first-order valence-electron chi connectivity index (χ1n) is 11.0. The number of thiophene rings is 1. The lowest BCUT2D eigenvalue weighted by molar-refractivity contribution is 0.321. The van der Waals surface area contributed by atoms with Gasteiger partial charge in [-0.2, -0.15) is 0 Å². The molecule has 1 saturated heterocycles. The van der Waals surface area contributed by atoms with Crippen LogP contribution in [-0.4, -0.2) is 29.8 Å². The Labute approximate surface area is 188 Å². The van der Waals surface area contributed by atoms with Gasteiger partial charge in [0.05, 0.1) is 13.2 Å². The zero-order valence-electron chi connectivity index (χ0n) is 18.3. The summed E-state index contributed by atoms with van der Waals surface area (Å²) in [7, 11) is 0. The van der Waals surface area contributed by atoms with E-state index in [4.69, 9.17) is 4.74 Å². The van der Waals surface area contributed by atoms with Gasteiger partial charge in [0, 0.05) is 41.3 Å². The molecule has 164 valence electrons. The van der Waals surface area contributed by atoms with Crippen molar-refractivity contribution < 1.29 is 4.74 Å². The first-order chi connectivity index (χ1) is 15.1. The van der Waals surface area contributed by atoms with Crippen LogP contribution in [0.3, 0.4) is 0 Å². The number of aromatic nitrogens is 1. The largest absolute Gasteiger partial charge is 0.493 e. The van der Waals surface area contributed by atoms with E-state index in [-0.39, 0.29) is 5.56 Å². The van der Waals surface area contributed by atoms with Crippen molar-refractivity contribution in [3.8, 4) is 5.75 Å². The number of anilines is 1. The number of hydrogen-bond acceptors (Lipinski definition) is 5. The fraction of sp³-hybridized carbons (Fsp3) is 0.400. The lowest BCUT2D eigenvalue weighted by Crippen LogP contribution is -2.38. The number of nitrogens with one attached hydrogen (secondary N) is 2. The highest BCUT2D eigenvalue weighted by Gasteiger charge is 2.21. The molecule has 0 aliphatic carbocycles. The highest BCUT2D eigenvalue weighted by Crippen LogP contribution is 2.22. The van der Waals surface area contributed by atoms with Crippen molar-refractivity contribution in [3.05, 3.63) is 80.4 Å². The second-order valence-corrected chi connectivity index (χ2v) is 9.26. The van der Waals surface area contributed by atoms with Crippen LogP contribution in [0.5, 0.6) is 5.75 Å². The molecule has 1 aliphatic heterocycles. The minimum absolute atomic E-state index is 0.0464. The topological polar surface area (TPSA) is 55.3 Å². The average molecular weight is 438 g/mol. The number of pyridine rings is 1. The van der Waals surface area contributed by atoms with E-state index in [1.54, 1.807) is 22.0 Å². The summed E-state index contributed by atoms with van der Waals surface area (Å²) in [5, 5.41) is 9.30. The highest BCUT2D eigenvalue weighted by molar-refractivity contribution is 7.09. The Balaban J connectivity index is 1.39. The molecule has 0 bridgehead atoms. The maximum atomic E-state index is 12.6. The summed E-state index contributed by atoms with van der Waals surface area (Å²) in [6.07, 6.45) is 5.14. The van der Waals surface area contributed by atoms with Crippen LogP contribution in [0.25, 0.3) is 0 Å². The molecule has 0 amide bonds. The summed E-state index contributed by atoms with van der Waals surface area (Å²) in [5.41, 5.74) is 3.43. The third-order valence-electron chi connectivity index (χ3n) is 6.04. The molecule has 1 fully saturated rings. The molecule has 5 nitrogen and oxygen atoms in total. The van der Waals surface area contributed by atoms with Gasteiger partial charge in [-0.25, -0.2) is 0 Å². The maximum Gasteiger partial charge on any atom is 0.254 e. The van der Waals surface area contributed by atoms with Crippen LogP contribution < -0.4 is 20.9 Å². The van der Waals surface area contributed by atoms with Crippen LogP contribution in [0.15, 0.2) is 58.8 Å². The average Bonchev–Trinajstić information content (AvgIpc) is 3.47. The van der Waals surface area contributed by atoms with Gasteiger partial charge in [0.1, 0.15) is 5.75 Å². The molecule has 3 heterocycles. The monoisotopic (exact) mass is 437 g/mol. The summed E-state index contributed by atoms with van der Waals surface area (Å²) in [5.74, 6) is 0.628. The van der Waals surface area contributed by atoms with E-state index in [1.165, 1.54) is 23.3 Å². The molecule has 0 spiro atoms. The van der Waals surface area contributed by atoms with Crippen molar-refractivity contribution in [2.75, 3.05) is 18.5 Å². The molecule has 4 rings (SSSR count). The molecule has 2 unspecified atom stereocenters. The summed E-state index contributed by atoms with van der Waals surface area (Å²) in [4.78, 5) is 13.9. The minimum atomic E-state index is -0.0464. The first-order valence-corrected chi connectivity index (χ1v) is 11.9. The van der Waals surface area contributed by atoms with E-state index >= 15 is 0 Å². The van der Waals surface area contributed by atoms with Crippen molar-refractivity contribution in [3.63, 3.8) is 0 Å². The van der Waals surface area contributed by atoms with Crippen molar-refractivity contribution in [1.82, 2.24) is 9.88 Å². The van der Waals surface area contributed by atoms with Gasteiger partial charge in [0.2, 0.25) is 0 Å². The molecule has 31 heavy (non-hydrogen) atoms. The molecular weight excluding hydrogens is 406 g/mol. The predicted molar refractivity (Wildman–Crippen MR) is 129 cm³/mol. The smallest absolute Gasteiger partial charge is 0.254 e. The zero-order valence-corrected chi connectivity index (χ0v) is 19.1. The normalized spacial score (nSPS) is 16.9. The van der Waals surface area contributed by atoms with Crippen molar-refractivity contribution in [2.24, 2.45) is 0 Å². The number of benzene rings is 1. The second-order valence-electron chi connectivity index (χ2n) is 8.23. The highest BCUT2D eigenvalue weighted by atomic mass is 32.1. The number of ether oxygens (including phenoxy) is 1. The maximum absolute atomic E-state index is 12.6. The van der Waals surface area contributed by atoms with Crippen LogP contribution in [0.2, 0.25) is 0 Å². The minimum Gasteiger partial charge on any atom is -0.493 e. The van der Waals surface area contributed by atoms with E-state index in [0.29, 0.717) is 31.0 Å². The lowest BCUT2D eigenvalue weighted by atomic mass is 10.0. The van der Waals surface area contributed by atoms with E-state index in [2.05, 4.69) is 54.1 Å². The van der Waals surface area contributed by atoms with Crippen LogP contribution in [0.4, 0.5) is 5.69 Å². The van der Waals surface area contributed by atoms with E-state index in [0.717, 1.165) is 24.2 Å². The Morgan fingerprint density at radius 2 is 2.19 bits per heavy atom. The fourth-order valence-corrected chi connectivity index (χ4v) is 4.80. The van der Waals surface area contributed by atoms with Crippen LogP contribution >= 0.6 is 11.3 Å². The van der Waals surface area contributed by atoms with Crippen LogP contribution in [-0.2, 0) is 13.0 Å².